The largest absolute Gasteiger partial charge is 0.417 e. The van der Waals surface area contributed by atoms with Gasteiger partial charge >= 0.3 is 6.18 Å². The van der Waals surface area contributed by atoms with Crippen LogP contribution in [0.1, 0.15) is 21.5 Å². The Bertz CT molecular complexity index is 504. The number of hydrogen-bond donors (Lipinski definition) is 0. The van der Waals surface area contributed by atoms with Gasteiger partial charge in [-0.2, -0.15) is 18.4 Å². The monoisotopic (exact) mass is 265 g/mol. The highest BCUT2D eigenvalue weighted by molar-refractivity contribution is 6.30. The second kappa shape index (κ2) is 4.72. The number of carbonyl (C=O) groups is 1. The number of nitriles is 1. The Kier molecular flexibility index (Phi) is 3.73. The molecular formula is C10H4ClF4NO. The van der Waals surface area contributed by atoms with Gasteiger partial charge in [0.15, 0.2) is 11.6 Å². The molecule has 0 aliphatic carbocycles. The van der Waals surface area contributed by atoms with Crippen molar-refractivity contribution in [3.05, 3.63) is 34.6 Å². The minimum Gasteiger partial charge on any atom is -0.293 e. The predicted molar refractivity (Wildman–Crippen MR) is 51.2 cm³/mol. The maximum Gasteiger partial charge on any atom is 0.417 e. The fourth-order valence-electron chi connectivity index (χ4n) is 1.21. The first-order valence-corrected chi connectivity index (χ1v) is 4.75. The molecule has 0 aromatic heterocycles. The van der Waals surface area contributed by atoms with E-state index in [1.807, 2.05) is 0 Å². The topological polar surface area (TPSA) is 40.9 Å². The summed E-state index contributed by atoms with van der Waals surface area (Å²) >= 11 is 5.16. The Labute approximate surface area is 98.4 Å². The van der Waals surface area contributed by atoms with Gasteiger partial charge in [0.05, 0.1) is 17.0 Å². The molecule has 0 heterocycles. The fraction of sp³-hybridized carbons (Fsp3) is 0.200. The molecule has 7 heteroatoms. The van der Waals surface area contributed by atoms with Crippen LogP contribution >= 0.6 is 11.6 Å². The van der Waals surface area contributed by atoms with Gasteiger partial charge < -0.3 is 0 Å². The lowest BCUT2D eigenvalue weighted by molar-refractivity contribution is -0.138. The zero-order valence-electron chi connectivity index (χ0n) is 8.11. The summed E-state index contributed by atoms with van der Waals surface area (Å²) in [5, 5.41) is 8.51. The molecule has 1 aromatic carbocycles. The smallest absolute Gasteiger partial charge is 0.293 e. The first-order valence-electron chi connectivity index (χ1n) is 4.22. The highest BCUT2D eigenvalue weighted by Crippen LogP contribution is 2.33. The molecule has 17 heavy (non-hydrogen) atoms. The number of hydrogen-bond acceptors (Lipinski definition) is 2. The van der Waals surface area contributed by atoms with Crippen LogP contribution in [0, 0.1) is 17.1 Å². The standard InChI is InChI=1S/C10H4ClF4NO/c11-3-8(17)5-1-2-7(10(13,14)15)6(4-16)9(5)12/h1-2H,3H2. The summed E-state index contributed by atoms with van der Waals surface area (Å²) in [5.41, 5.74) is -3.23. The number of nitrogens with zero attached hydrogens (tertiary/aromatic N) is 1. The molecule has 0 unspecified atom stereocenters. The first-order chi connectivity index (χ1) is 7.82. The summed E-state index contributed by atoms with van der Waals surface area (Å²) in [7, 11) is 0. The number of rotatable bonds is 2. The predicted octanol–water partition coefficient (Wildman–Crippen LogP) is 3.14. The van der Waals surface area contributed by atoms with Crippen LogP contribution < -0.4 is 0 Å². The molecule has 0 saturated heterocycles. The van der Waals surface area contributed by atoms with E-state index in [0.29, 0.717) is 12.1 Å². The molecule has 0 radical (unpaired) electrons. The molecule has 2 nitrogen and oxygen atoms in total. The third kappa shape index (κ3) is 2.56. The molecule has 0 saturated carbocycles. The van der Waals surface area contributed by atoms with E-state index in [1.165, 1.54) is 0 Å². The van der Waals surface area contributed by atoms with Crippen LogP contribution in [0.3, 0.4) is 0 Å². The van der Waals surface area contributed by atoms with Crippen molar-refractivity contribution >= 4 is 17.4 Å². The minimum absolute atomic E-state index is 0.488. The van der Waals surface area contributed by atoms with Crippen LogP contribution in [0.15, 0.2) is 12.1 Å². The van der Waals surface area contributed by atoms with Crippen molar-refractivity contribution in [2.45, 2.75) is 6.18 Å². The Morgan fingerprint density at radius 3 is 2.41 bits per heavy atom. The van der Waals surface area contributed by atoms with Crippen molar-refractivity contribution in [2.75, 3.05) is 5.88 Å². The highest BCUT2D eigenvalue weighted by Gasteiger charge is 2.36. The van der Waals surface area contributed by atoms with Crippen LogP contribution in [-0.4, -0.2) is 11.7 Å². The van der Waals surface area contributed by atoms with E-state index in [9.17, 15) is 22.4 Å². The second-order valence-corrected chi connectivity index (χ2v) is 3.28. The van der Waals surface area contributed by atoms with E-state index >= 15 is 0 Å². The van der Waals surface area contributed by atoms with Crippen molar-refractivity contribution in [3.8, 4) is 6.07 Å². The van der Waals surface area contributed by atoms with Crippen LogP contribution in [0.4, 0.5) is 17.6 Å². The third-order valence-corrected chi connectivity index (χ3v) is 2.22. The summed E-state index contributed by atoms with van der Waals surface area (Å²) < 4.78 is 50.7. The Morgan fingerprint density at radius 1 is 1.41 bits per heavy atom. The van der Waals surface area contributed by atoms with Crippen LogP contribution in [0.5, 0.6) is 0 Å². The molecule has 0 amide bonds. The first kappa shape index (κ1) is 13.5. The van der Waals surface area contributed by atoms with Gasteiger partial charge in [-0.3, -0.25) is 4.79 Å². The summed E-state index contributed by atoms with van der Waals surface area (Å²) in [4.78, 5) is 11.1. The lowest BCUT2D eigenvalue weighted by Gasteiger charge is -2.10. The normalized spacial score (nSPS) is 11.1. The quantitative estimate of drug-likeness (QED) is 0.468. The molecule has 0 bridgehead atoms. The molecule has 90 valence electrons. The van der Waals surface area contributed by atoms with Crippen LogP contribution in [0.2, 0.25) is 0 Å². The third-order valence-electron chi connectivity index (χ3n) is 1.98. The SMILES string of the molecule is N#Cc1c(C(F)(F)F)ccc(C(=O)CCl)c1F. The summed E-state index contributed by atoms with van der Waals surface area (Å²) in [6, 6.07) is 2.26. The zero-order valence-corrected chi connectivity index (χ0v) is 8.86. The van der Waals surface area contributed by atoms with E-state index in [2.05, 4.69) is 0 Å². The molecule has 0 aliphatic rings. The highest BCUT2D eigenvalue weighted by atomic mass is 35.5. The van der Waals surface area contributed by atoms with Gasteiger partial charge in [0.2, 0.25) is 0 Å². The van der Waals surface area contributed by atoms with Crippen LogP contribution in [0.25, 0.3) is 0 Å². The average molecular weight is 266 g/mol. The van der Waals surface area contributed by atoms with Crippen molar-refractivity contribution in [3.63, 3.8) is 0 Å². The lowest BCUT2D eigenvalue weighted by atomic mass is 10.0. The molecule has 0 N–H and O–H groups in total. The van der Waals surface area contributed by atoms with Gasteiger partial charge in [0.1, 0.15) is 11.6 Å². The van der Waals surface area contributed by atoms with Gasteiger partial charge in [-0.1, -0.05) is 0 Å². The number of benzene rings is 1. The second-order valence-electron chi connectivity index (χ2n) is 3.02. The van der Waals surface area contributed by atoms with E-state index in [4.69, 9.17) is 16.9 Å². The Hall–Kier alpha value is -1.61. The number of Topliss-reactive ketones (excluding diaryl/α,β-unsaturated/α-hetero) is 1. The number of carbonyl (C=O) groups excluding carboxylic acids is 1. The molecule has 1 aromatic rings. The summed E-state index contributed by atoms with van der Waals surface area (Å²) in [5.74, 6) is -2.95. The van der Waals surface area contributed by atoms with Crippen molar-refractivity contribution in [1.29, 1.82) is 5.26 Å². The van der Waals surface area contributed by atoms with Crippen molar-refractivity contribution < 1.29 is 22.4 Å². The lowest BCUT2D eigenvalue weighted by Crippen LogP contribution is -2.13. The maximum atomic E-state index is 13.5. The van der Waals surface area contributed by atoms with Crippen molar-refractivity contribution in [2.24, 2.45) is 0 Å². The number of halogens is 5. The fourth-order valence-corrected chi connectivity index (χ4v) is 1.35. The van der Waals surface area contributed by atoms with E-state index < -0.39 is 40.3 Å². The molecule has 0 atom stereocenters. The molecular weight excluding hydrogens is 262 g/mol. The minimum atomic E-state index is -4.85. The molecule has 0 fully saturated rings. The maximum absolute atomic E-state index is 13.5. The van der Waals surface area contributed by atoms with Gasteiger partial charge in [-0.05, 0) is 12.1 Å². The van der Waals surface area contributed by atoms with Gasteiger partial charge in [0, 0.05) is 0 Å². The average Bonchev–Trinajstić information content (AvgIpc) is 2.26. The Balaban J connectivity index is 3.50. The Morgan fingerprint density at radius 2 is 2.00 bits per heavy atom. The van der Waals surface area contributed by atoms with E-state index in [-0.39, 0.29) is 0 Å². The van der Waals surface area contributed by atoms with Gasteiger partial charge in [-0.25, -0.2) is 4.39 Å². The number of alkyl halides is 4. The molecule has 1 rings (SSSR count). The van der Waals surface area contributed by atoms with Gasteiger partial charge in [0.25, 0.3) is 0 Å². The number of ketones is 1. The van der Waals surface area contributed by atoms with Crippen LogP contribution in [-0.2, 0) is 6.18 Å². The van der Waals surface area contributed by atoms with Crippen molar-refractivity contribution in [1.82, 2.24) is 0 Å². The summed E-state index contributed by atoms with van der Waals surface area (Å²) in [6.45, 7) is 0. The van der Waals surface area contributed by atoms with E-state index in [0.717, 1.165) is 6.07 Å². The molecule has 0 aliphatic heterocycles. The molecule has 0 spiro atoms. The van der Waals surface area contributed by atoms with E-state index in [1.54, 1.807) is 0 Å². The van der Waals surface area contributed by atoms with Gasteiger partial charge in [-0.15, -0.1) is 11.6 Å². The zero-order chi connectivity index (χ0) is 13.2. The summed E-state index contributed by atoms with van der Waals surface area (Å²) in [6.07, 6.45) is -4.85.